The van der Waals surface area contributed by atoms with Crippen LogP contribution in [0.2, 0.25) is 0 Å². The molecule has 0 atom stereocenters. The topological polar surface area (TPSA) is 59.3 Å². The molecule has 0 spiro atoms. The highest BCUT2D eigenvalue weighted by molar-refractivity contribution is 5.79. The summed E-state index contributed by atoms with van der Waals surface area (Å²) in [5.41, 5.74) is 6.69. The lowest BCUT2D eigenvalue weighted by Gasteiger charge is -2.11. The molecule has 0 saturated heterocycles. The van der Waals surface area contributed by atoms with Gasteiger partial charge < -0.3 is 5.32 Å². The molecular formula is C24H24N4O. The summed E-state index contributed by atoms with van der Waals surface area (Å²) in [7, 11) is 0. The molecule has 0 saturated carbocycles. The van der Waals surface area contributed by atoms with Gasteiger partial charge in [0.1, 0.15) is 0 Å². The van der Waals surface area contributed by atoms with Crippen molar-refractivity contribution in [3.8, 4) is 11.3 Å². The number of amides is 1. The van der Waals surface area contributed by atoms with E-state index in [1.165, 1.54) is 5.56 Å². The van der Waals surface area contributed by atoms with Gasteiger partial charge in [-0.25, -0.2) is 9.50 Å². The molecule has 5 heteroatoms. The van der Waals surface area contributed by atoms with Gasteiger partial charge in [-0.3, -0.25) is 4.79 Å². The van der Waals surface area contributed by atoms with Crippen molar-refractivity contribution in [3.05, 3.63) is 89.2 Å². The lowest BCUT2D eigenvalue weighted by molar-refractivity contribution is -0.120. The molecule has 0 unspecified atom stereocenters. The Hall–Kier alpha value is -3.47. The molecule has 2 heterocycles. The van der Waals surface area contributed by atoms with Crippen LogP contribution in [0.3, 0.4) is 0 Å². The van der Waals surface area contributed by atoms with Crippen molar-refractivity contribution < 1.29 is 4.79 Å². The van der Waals surface area contributed by atoms with E-state index < -0.39 is 0 Å². The molecule has 5 nitrogen and oxygen atoms in total. The van der Waals surface area contributed by atoms with Crippen molar-refractivity contribution in [3.63, 3.8) is 0 Å². The standard InChI is InChI=1S/C24H24N4O/c1-17-21(15-24(29)25-14-13-19-9-5-3-6-10-19)18(2)28-23(26-17)16-22(27-28)20-11-7-4-8-12-20/h3-12,16H,13-15H2,1-2H3,(H,25,29). The van der Waals surface area contributed by atoms with Crippen molar-refractivity contribution in [1.82, 2.24) is 19.9 Å². The number of fused-ring (bicyclic) bond motifs is 1. The maximum absolute atomic E-state index is 12.5. The first-order valence-electron chi connectivity index (χ1n) is 9.84. The Kier molecular flexibility index (Phi) is 5.38. The summed E-state index contributed by atoms with van der Waals surface area (Å²) < 4.78 is 1.84. The lowest BCUT2D eigenvalue weighted by atomic mass is 10.1. The number of carbonyl (C=O) groups excluding carboxylic acids is 1. The molecule has 0 fully saturated rings. The van der Waals surface area contributed by atoms with Gasteiger partial charge in [0.15, 0.2) is 5.65 Å². The molecule has 0 radical (unpaired) electrons. The monoisotopic (exact) mass is 384 g/mol. The van der Waals surface area contributed by atoms with E-state index in [1.807, 2.05) is 73.0 Å². The van der Waals surface area contributed by atoms with Gasteiger partial charge in [0.25, 0.3) is 0 Å². The van der Waals surface area contributed by atoms with Crippen LogP contribution < -0.4 is 5.32 Å². The third-order valence-corrected chi connectivity index (χ3v) is 5.15. The van der Waals surface area contributed by atoms with Crippen molar-refractivity contribution >= 4 is 11.6 Å². The Balaban J connectivity index is 1.50. The van der Waals surface area contributed by atoms with Gasteiger partial charge in [0.2, 0.25) is 5.91 Å². The number of aryl methyl sites for hydroxylation is 2. The molecule has 4 rings (SSSR count). The second-order valence-corrected chi connectivity index (χ2v) is 7.19. The third kappa shape index (κ3) is 4.19. The molecule has 1 N–H and O–H groups in total. The largest absolute Gasteiger partial charge is 0.355 e. The zero-order valence-electron chi connectivity index (χ0n) is 16.7. The first kappa shape index (κ1) is 18.9. The average Bonchev–Trinajstić information content (AvgIpc) is 3.17. The van der Waals surface area contributed by atoms with Gasteiger partial charge in [0, 0.05) is 35.1 Å². The molecule has 1 amide bonds. The smallest absolute Gasteiger partial charge is 0.224 e. The zero-order chi connectivity index (χ0) is 20.2. The van der Waals surface area contributed by atoms with Crippen LogP contribution in [0, 0.1) is 13.8 Å². The number of aromatic nitrogens is 3. The Bertz CT molecular complexity index is 1130. The van der Waals surface area contributed by atoms with E-state index in [0.29, 0.717) is 13.0 Å². The van der Waals surface area contributed by atoms with E-state index >= 15 is 0 Å². The number of hydrogen-bond acceptors (Lipinski definition) is 3. The van der Waals surface area contributed by atoms with Crippen molar-refractivity contribution in [2.45, 2.75) is 26.7 Å². The van der Waals surface area contributed by atoms with Gasteiger partial charge in [0.05, 0.1) is 12.1 Å². The fourth-order valence-corrected chi connectivity index (χ4v) is 3.55. The van der Waals surface area contributed by atoms with Gasteiger partial charge in [-0.05, 0) is 25.8 Å². The Morgan fingerprint density at radius 1 is 1.00 bits per heavy atom. The molecule has 0 aliphatic carbocycles. The molecule has 4 aromatic rings. The summed E-state index contributed by atoms with van der Waals surface area (Å²) in [6, 6.07) is 22.2. The van der Waals surface area contributed by atoms with E-state index in [1.54, 1.807) is 0 Å². The number of rotatable bonds is 6. The SMILES string of the molecule is Cc1nc2cc(-c3ccccc3)nn2c(C)c1CC(=O)NCCc1ccccc1. The van der Waals surface area contributed by atoms with Crippen LogP contribution in [0.25, 0.3) is 16.9 Å². The summed E-state index contributed by atoms with van der Waals surface area (Å²) in [5, 5.41) is 7.73. The summed E-state index contributed by atoms with van der Waals surface area (Å²) >= 11 is 0. The van der Waals surface area contributed by atoms with Gasteiger partial charge in [-0.15, -0.1) is 0 Å². The maximum Gasteiger partial charge on any atom is 0.224 e. The van der Waals surface area contributed by atoms with E-state index in [9.17, 15) is 4.79 Å². The average molecular weight is 384 g/mol. The van der Waals surface area contributed by atoms with Gasteiger partial charge >= 0.3 is 0 Å². The van der Waals surface area contributed by atoms with E-state index in [4.69, 9.17) is 5.10 Å². The van der Waals surface area contributed by atoms with Crippen molar-refractivity contribution in [2.75, 3.05) is 6.54 Å². The molecule has 0 aliphatic rings. The minimum atomic E-state index is 0.00344. The number of benzene rings is 2. The van der Waals surface area contributed by atoms with Crippen LogP contribution in [-0.2, 0) is 17.6 Å². The first-order valence-corrected chi connectivity index (χ1v) is 9.84. The van der Waals surface area contributed by atoms with Crippen molar-refractivity contribution in [2.24, 2.45) is 0 Å². The number of hydrogen-bond donors (Lipinski definition) is 1. The fraction of sp³-hybridized carbons (Fsp3) is 0.208. The molecule has 2 aromatic carbocycles. The number of nitrogens with one attached hydrogen (secondary N) is 1. The van der Waals surface area contributed by atoms with Crippen LogP contribution >= 0.6 is 0 Å². The Morgan fingerprint density at radius 2 is 1.69 bits per heavy atom. The fourth-order valence-electron chi connectivity index (χ4n) is 3.55. The Labute approximate surface area is 170 Å². The highest BCUT2D eigenvalue weighted by atomic mass is 16.1. The zero-order valence-corrected chi connectivity index (χ0v) is 16.7. The molecule has 0 bridgehead atoms. The minimum absolute atomic E-state index is 0.00344. The molecular weight excluding hydrogens is 360 g/mol. The maximum atomic E-state index is 12.5. The second kappa shape index (κ2) is 8.27. The molecule has 29 heavy (non-hydrogen) atoms. The third-order valence-electron chi connectivity index (χ3n) is 5.15. The highest BCUT2D eigenvalue weighted by Gasteiger charge is 2.15. The highest BCUT2D eigenvalue weighted by Crippen LogP contribution is 2.22. The summed E-state index contributed by atoms with van der Waals surface area (Å²) in [5.74, 6) is 0.00344. The lowest BCUT2D eigenvalue weighted by Crippen LogP contribution is -2.28. The van der Waals surface area contributed by atoms with E-state index in [2.05, 4.69) is 22.4 Å². The summed E-state index contributed by atoms with van der Waals surface area (Å²) in [6.07, 6.45) is 1.12. The second-order valence-electron chi connectivity index (χ2n) is 7.19. The van der Waals surface area contributed by atoms with Gasteiger partial charge in [-0.1, -0.05) is 60.7 Å². The summed E-state index contributed by atoms with van der Waals surface area (Å²) in [6.45, 7) is 4.57. The molecule has 2 aromatic heterocycles. The molecule has 0 aliphatic heterocycles. The van der Waals surface area contributed by atoms with E-state index in [-0.39, 0.29) is 5.91 Å². The van der Waals surface area contributed by atoms with Crippen LogP contribution in [0.5, 0.6) is 0 Å². The van der Waals surface area contributed by atoms with Crippen LogP contribution in [0.1, 0.15) is 22.5 Å². The quantitative estimate of drug-likeness (QED) is 0.548. The first-order chi connectivity index (χ1) is 14.1. The van der Waals surface area contributed by atoms with E-state index in [0.717, 1.165) is 40.3 Å². The predicted molar refractivity (Wildman–Crippen MR) is 115 cm³/mol. The predicted octanol–water partition coefficient (Wildman–Crippen LogP) is 3.91. The van der Waals surface area contributed by atoms with Crippen molar-refractivity contribution in [1.29, 1.82) is 0 Å². The summed E-state index contributed by atoms with van der Waals surface area (Å²) in [4.78, 5) is 17.2. The van der Waals surface area contributed by atoms with Gasteiger partial charge in [-0.2, -0.15) is 5.10 Å². The van der Waals surface area contributed by atoms with Crippen LogP contribution in [0.4, 0.5) is 0 Å². The number of nitrogens with zero attached hydrogens (tertiary/aromatic N) is 3. The normalized spacial score (nSPS) is 11.0. The minimum Gasteiger partial charge on any atom is -0.355 e. The number of carbonyl (C=O) groups is 1. The van der Waals surface area contributed by atoms with Crippen LogP contribution in [-0.4, -0.2) is 27.0 Å². The Morgan fingerprint density at radius 3 is 2.41 bits per heavy atom. The van der Waals surface area contributed by atoms with Crippen LogP contribution in [0.15, 0.2) is 66.7 Å². The molecule has 146 valence electrons.